The molecule has 3 heteroatoms. The summed E-state index contributed by atoms with van der Waals surface area (Å²) in [5.74, 6) is 0. The zero-order valence-corrected chi connectivity index (χ0v) is 7.59. The van der Waals surface area contributed by atoms with E-state index in [1.807, 2.05) is 32.3 Å². The van der Waals surface area contributed by atoms with Crippen LogP contribution in [0.2, 0.25) is 0 Å². The van der Waals surface area contributed by atoms with Gasteiger partial charge in [0.25, 0.3) is 0 Å². The molecule has 1 rings (SSSR count). The summed E-state index contributed by atoms with van der Waals surface area (Å²) in [6, 6.07) is 0. The standard InChI is InChI=1S/C7H9BrN2/c1-10(2)9-7-4-3-6(8)5-7/h3-5H,1-2H3. The van der Waals surface area contributed by atoms with E-state index in [-0.39, 0.29) is 0 Å². The van der Waals surface area contributed by atoms with Crippen LogP contribution >= 0.6 is 15.9 Å². The van der Waals surface area contributed by atoms with Gasteiger partial charge in [0, 0.05) is 18.6 Å². The highest BCUT2D eigenvalue weighted by molar-refractivity contribution is 9.11. The van der Waals surface area contributed by atoms with Gasteiger partial charge in [0.1, 0.15) is 0 Å². The average molecular weight is 201 g/mol. The van der Waals surface area contributed by atoms with Gasteiger partial charge in [-0.3, -0.25) is 0 Å². The fraction of sp³-hybridized carbons (Fsp3) is 0.286. The number of allylic oxidation sites excluding steroid dienone is 4. The molecule has 1 aliphatic rings. The smallest absolute Gasteiger partial charge is 0.0843 e. The van der Waals surface area contributed by atoms with Crippen LogP contribution in [0.15, 0.2) is 27.8 Å². The third-order valence-electron chi connectivity index (χ3n) is 1.01. The molecule has 0 saturated heterocycles. The molecule has 0 fully saturated rings. The van der Waals surface area contributed by atoms with Crippen molar-refractivity contribution in [2.45, 2.75) is 0 Å². The minimum absolute atomic E-state index is 0.983. The predicted octanol–water partition coefficient (Wildman–Crippen LogP) is 1.75. The molecule has 0 unspecified atom stereocenters. The van der Waals surface area contributed by atoms with Gasteiger partial charge in [0.05, 0.1) is 5.71 Å². The molecule has 0 heterocycles. The predicted molar refractivity (Wildman–Crippen MR) is 47.3 cm³/mol. The highest BCUT2D eigenvalue weighted by Gasteiger charge is 1.99. The molecule has 0 N–H and O–H groups in total. The summed E-state index contributed by atoms with van der Waals surface area (Å²) in [6.07, 6.45) is 5.91. The maximum Gasteiger partial charge on any atom is 0.0843 e. The van der Waals surface area contributed by atoms with Crippen molar-refractivity contribution in [1.82, 2.24) is 5.01 Å². The average Bonchev–Trinajstić information content (AvgIpc) is 2.13. The fourth-order valence-electron chi connectivity index (χ4n) is 0.696. The molecule has 0 aromatic carbocycles. The number of hydrogen-bond acceptors (Lipinski definition) is 2. The molecule has 10 heavy (non-hydrogen) atoms. The lowest BCUT2D eigenvalue weighted by Gasteiger charge is -2.02. The quantitative estimate of drug-likeness (QED) is 0.590. The summed E-state index contributed by atoms with van der Waals surface area (Å²) >= 11 is 3.34. The van der Waals surface area contributed by atoms with Gasteiger partial charge in [-0.1, -0.05) is 15.9 Å². The summed E-state index contributed by atoms with van der Waals surface area (Å²) in [7, 11) is 3.81. The Labute approximate surface area is 69.0 Å². The lowest BCUT2D eigenvalue weighted by molar-refractivity contribution is 0.439. The van der Waals surface area contributed by atoms with Gasteiger partial charge in [0.2, 0.25) is 0 Å². The lowest BCUT2D eigenvalue weighted by atomic mass is 10.4. The number of hydrogen-bond donors (Lipinski definition) is 0. The summed E-state index contributed by atoms with van der Waals surface area (Å²) in [4.78, 5) is 0. The van der Waals surface area contributed by atoms with Gasteiger partial charge >= 0.3 is 0 Å². The molecule has 0 aromatic heterocycles. The first-order valence-corrected chi connectivity index (χ1v) is 3.79. The van der Waals surface area contributed by atoms with E-state index >= 15 is 0 Å². The van der Waals surface area contributed by atoms with Crippen LogP contribution < -0.4 is 0 Å². The summed E-state index contributed by atoms with van der Waals surface area (Å²) in [5.41, 5.74) is 0.983. The van der Waals surface area contributed by atoms with E-state index in [0.717, 1.165) is 10.2 Å². The molecule has 0 spiro atoms. The van der Waals surface area contributed by atoms with Gasteiger partial charge in [0.15, 0.2) is 0 Å². The van der Waals surface area contributed by atoms with Crippen LogP contribution in [0.5, 0.6) is 0 Å². The minimum Gasteiger partial charge on any atom is -0.303 e. The van der Waals surface area contributed by atoms with E-state index in [2.05, 4.69) is 21.0 Å². The summed E-state index contributed by atoms with van der Waals surface area (Å²) in [6.45, 7) is 0. The topological polar surface area (TPSA) is 15.6 Å². The molecule has 0 saturated carbocycles. The van der Waals surface area contributed by atoms with Crippen LogP contribution in [0.4, 0.5) is 0 Å². The zero-order valence-electron chi connectivity index (χ0n) is 6.00. The molecule has 1 aliphatic carbocycles. The molecule has 0 radical (unpaired) electrons. The van der Waals surface area contributed by atoms with Crippen LogP contribution in [0.3, 0.4) is 0 Å². The molecule has 0 aromatic rings. The Bertz CT molecular complexity index is 214. The van der Waals surface area contributed by atoms with Crippen molar-refractivity contribution in [3.05, 3.63) is 22.7 Å². The zero-order chi connectivity index (χ0) is 7.56. The Kier molecular flexibility index (Phi) is 2.27. The largest absolute Gasteiger partial charge is 0.303 e. The van der Waals surface area contributed by atoms with Crippen LogP contribution in [-0.2, 0) is 0 Å². The third-order valence-corrected chi connectivity index (χ3v) is 1.51. The van der Waals surface area contributed by atoms with Gasteiger partial charge < -0.3 is 5.01 Å². The van der Waals surface area contributed by atoms with Crippen molar-refractivity contribution in [2.75, 3.05) is 14.1 Å². The number of hydrazone groups is 1. The van der Waals surface area contributed by atoms with Crippen molar-refractivity contribution in [3.8, 4) is 0 Å². The highest BCUT2D eigenvalue weighted by Crippen LogP contribution is 2.13. The normalized spacial score (nSPS) is 19.9. The Morgan fingerprint density at radius 1 is 1.40 bits per heavy atom. The van der Waals surface area contributed by atoms with Crippen LogP contribution in [0, 0.1) is 0 Å². The maximum atomic E-state index is 4.18. The van der Waals surface area contributed by atoms with Crippen molar-refractivity contribution < 1.29 is 0 Å². The fourth-order valence-corrected chi connectivity index (χ4v) is 1.06. The number of nitrogens with zero attached hydrogens (tertiary/aromatic N) is 2. The lowest BCUT2D eigenvalue weighted by Crippen LogP contribution is -2.04. The SMILES string of the molecule is CN(C)N=C1C=CC(Br)=C1. The molecule has 0 bridgehead atoms. The van der Waals surface area contributed by atoms with Gasteiger partial charge in [-0.05, 0) is 18.2 Å². The Morgan fingerprint density at radius 3 is 2.50 bits per heavy atom. The number of halogens is 1. The summed E-state index contributed by atoms with van der Waals surface area (Å²) in [5, 5.41) is 5.96. The van der Waals surface area contributed by atoms with Gasteiger partial charge in [-0.2, -0.15) is 5.10 Å². The van der Waals surface area contributed by atoms with Crippen molar-refractivity contribution in [3.63, 3.8) is 0 Å². The molecular formula is C7H9BrN2. The van der Waals surface area contributed by atoms with Crippen molar-refractivity contribution in [2.24, 2.45) is 5.10 Å². The van der Waals surface area contributed by atoms with Crippen molar-refractivity contribution in [1.29, 1.82) is 0 Å². The Morgan fingerprint density at radius 2 is 2.10 bits per heavy atom. The highest BCUT2D eigenvalue weighted by atomic mass is 79.9. The molecule has 0 aliphatic heterocycles. The van der Waals surface area contributed by atoms with Crippen molar-refractivity contribution >= 4 is 21.6 Å². The van der Waals surface area contributed by atoms with Crippen LogP contribution in [0.25, 0.3) is 0 Å². The van der Waals surface area contributed by atoms with Gasteiger partial charge in [-0.25, -0.2) is 0 Å². The second-order valence-electron chi connectivity index (χ2n) is 2.23. The first-order chi connectivity index (χ1) is 4.68. The minimum atomic E-state index is 0.983. The molecule has 54 valence electrons. The maximum absolute atomic E-state index is 4.18. The van der Waals surface area contributed by atoms with Gasteiger partial charge in [-0.15, -0.1) is 0 Å². The summed E-state index contributed by atoms with van der Waals surface area (Å²) < 4.78 is 1.08. The Balaban J connectivity index is 2.70. The molecule has 0 atom stereocenters. The Hall–Kier alpha value is -0.570. The molecular weight excluding hydrogens is 192 g/mol. The van der Waals surface area contributed by atoms with E-state index in [1.165, 1.54) is 0 Å². The molecule has 0 amide bonds. The van der Waals surface area contributed by atoms with E-state index in [0.29, 0.717) is 0 Å². The number of rotatable bonds is 1. The molecule has 2 nitrogen and oxygen atoms in total. The second-order valence-corrected chi connectivity index (χ2v) is 3.15. The first kappa shape index (κ1) is 7.54. The first-order valence-electron chi connectivity index (χ1n) is 3.00. The monoisotopic (exact) mass is 200 g/mol. The van der Waals surface area contributed by atoms with E-state index in [4.69, 9.17) is 0 Å². The van der Waals surface area contributed by atoms with E-state index in [9.17, 15) is 0 Å². The van der Waals surface area contributed by atoms with E-state index < -0.39 is 0 Å². The van der Waals surface area contributed by atoms with Crippen LogP contribution in [-0.4, -0.2) is 24.8 Å². The third kappa shape index (κ3) is 1.99. The second kappa shape index (κ2) is 3.01. The van der Waals surface area contributed by atoms with Crippen LogP contribution in [0.1, 0.15) is 0 Å². The van der Waals surface area contributed by atoms with E-state index in [1.54, 1.807) is 5.01 Å².